The topological polar surface area (TPSA) is 78.9 Å². The van der Waals surface area contributed by atoms with E-state index in [4.69, 9.17) is 14.2 Å². The molecule has 0 unspecified atom stereocenters. The van der Waals surface area contributed by atoms with E-state index in [2.05, 4.69) is 34.6 Å². The summed E-state index contributed by atoms with van der Waals surface area (Å²) >= 11 is 0. The van der Waals surface area contributed by atoms with Gasteiger partial charge in [-0.25, -0.2) is 0 Å². The number of rotatable bonds is 50. The number of carbonyl (C=O) groups excluding carboxylic acids is 3. The molecule has 0 amide bonds. The number of carbonyl (C=O) groups is 3. The third kappa shape index (κ3) is 49.4. The first kappa shape index (κ1) is 60.4. The molecule has 0 radical (unpaired) electrons. The van der Waals surface area contributed by atoms with Crippen LogP contribution in [0.4, 0.5) is 0 Å². The average Bonchev–Trinajstić information content (AvgIpc) is 3.24. The number of ether oxygens (including phenoxy) is 3. The highest BCUT2D eigenvalue weighted by molar-refractivity contribution is 5.71. The molecule has 0 saturated heterocycles. The summed E-state index contributed by atoms with van der Waals surface area (Å²) in [6.45, 7) is 11.4. The molecule has 0 saturated carbocycles. The Bertz CT molecular complexity index is 947. The van der Waals surface area contributed by atoms with Crippen LogP contribution >= 0.6 is 0 Å². The Kier molecular flexibility index (Phi) is 47.6. The highest BCUT2D eigenvalue weighted by Crippen LogP contribution is 2.18. The highest BCUT2D eigenvalue weighted by Gasteiger charge is 2.19. The van der Waals surface area contributed by atoms with Gasteiger partial charge in [-0.1, -0.05) is 272 Å². The number of hydrogen-bond donors (Lipinski definition) is 0. The lowest BCUT2D eigenvalue weighted by atomic mass is 10.0. The molecule has 0 rings (SSSR count). The van der Waals surface area contributed by atoms with Crippen LogP contribution in [0.3, 0.4) is 0 Å². The average molecular weight is 877 g/mol. The maximum atomic E-state index is 12.8. The Balaban J connectivity index is 4.20. The quantitative estimate of drug-likeness (QED) is 0.0344. The summed E-state index contributed by atoms with van der Waals surface area (Å²) in [5.41, 5.74) is 0. The van der Waals surface area contributed by atoms with Crippen molar-refractivity contribution in [1.82, 2.24) is 0 Å². The van der Waals surface area contributed by atoms with Gasteiger partial charge in [-0.05, 0) is 31.1 Å². The summed E-state index contributed by atoms with van der Waals surface area (Å²) in [6, 6.07) is 0. The van der Waals surface area contributed by atoms with E-state index in [-0.39, 0.29) is 31.1 Å². The largest absolute Gasteiger partial charge is 0.462 e. The lowest BCUT2D eigenvalue weighted by Crippen LogP contribution is -2.30. The fourth-order valence-electron chi connectivity index (χ4n) is 8.52. The maximum absolute atomic E-state index is 12.8. The van der Waals surface area contributed by atoms with E-state index in [9.17, 15) is 14.4 Å². The molecule has 0 aliphatic heterocycles. The van der Waals surface area contributed by atoms with Crippen molar-refractivity contribution in [2.24, 2.45) is 11.8 Å². The van der Waals surface area contributed by atoms with E-state index < -0.39 is 6.10 Å². The molecule has 6 nitrogen and oxygen atoms in total. The van der Waals surface area contributed by atoms with Crippen molar-refractivity contribution in [2.75, 3.05) is 13.2 Å². The third-order valence-corrected chi connectivity index (χ3v) is 12.7. The first-order chi connectivity index (χ1) is 30.2. The summed E-state index contributed by atoms with van der Waals surface area (Å²) in [4.78, 5) is 38.0. The highest BCUT2D eigenvalue weighted by atomic mass is 16.6. The fourth-order valence-corrected chi connectivity index (χ4v) is 8.52. The maximum Gasteiger partial charge on any atom is 0.306 e. The van der Waals surface area contributed by atoms with Crippen LogP contribution in [0.2, 0.25) is 0 Å². The first-order valence-electron chi connectivity index (χ1n) is 27.7. The molecular weight excluding hydrogens is 769 g/mol. The van der Waals surface area contributed by atoms with Gasteiger partial charge in [0.15, 0.2) is 6.10 Å². The van der Waals surface area contributed by atoms with Gasteiger partial charge in [-0.15, -0.1) is 0 Å². The van der Waals surface area contributed by atoms with Gasteiger partial charge in [-0.3, -0.25) is 14.4 Å². The minimum Gasteiger partial charge on any atom is -0.462 e. The second kappa shape index (κ2) is 48.9. The third-order valence-electron chi connectivity index (χ3n) is 12.7. The molecule has 0 aliphatic carbocycles. The van der Waals surface area contributed by atoms with Crippen LogP contribution < -0.4 is 0 Å². The van der Waals surface area contributed by atoms with Crippen molar-refractivity contribution in [3.8, 4) is 0 Å². The molecule has 1 atom stereocenters. The van der Waals surface area contributed by atoms with Crippen molar-refractivity contribution in [2.45, 2.75) is 317 Å². The van der Waals surface area contributed by atoms with Gasteiger partial charge in [0, 0.05) is 19.3 Å². The SMILES string of the molecule is CCCCCCCCCCCCCC(=O)OC[C@H](COC(=O)CCCCCCCCCCCCCCCCCCCCC(C)C)OC(=O)CCCCCCCCCCCC(C)C. The van der Waals surface area contributed by atoms with E-state index in [1.165, 1.54) is 199 Å². The molecular formula is C56H108O6. The Hall–Kier alpha value is -1.59. The summed E-state index contributed by atoms with van der Waals surface area (Å²) in [7, 11) is 0. The molecule has 0 aromatic heterocycles. The van der Waals surface area contributed by atoms with E-state index in [1.807, 2.05) is 0 Å². The summed E-state index contributed by atoms with van der Waals surface area (Å²) in [6.07, 6.45) is 51.0. The Labute approximate surface area is 387 Å². The van der Waals surface area contributed by atoms with Crippen LogP contribution in [0.5, 0.6) is 0 Å². The lowest BCUT2D eigenvalue weighted by molar-refractivity contribution is -0.167. The van der Waals surface area contributed by atoms with Crippen LogP contribution in [-0.4, -0.2) is 37.2 Å². The van der Waals surface area contributed by atoms with Crippen LogP contribution in [0.15, 0.2) is 0 Å². The van der Waals surface area contributed by atoms with Crippen molar-refractivity contribution >= 4 is 17.9 Å². The van der Waals surface area contributed by atoms with Gasteiger partial charge < -0.3 is 14.2 Å². The molecule has 0 N–H and O–H groups in total. The standard InChI is InChI=1S/C56H108O6/c1-6-7-8-9-10-11-20-26-31-36-41-46-54(57)60-49-53(62-56(59)48-43-38-33-28-23-25-30-35-40-45-52(4)5)50-61-55(58)47-42-37-32-27-22-19-17-15-13-12-14-16-18-21-24-29-34-39-44-51(2)3/h51-53H,6-50H2,1-5H3/t53-/m1/s1. The van der Waals surface area contributed by atoms with Crippen molar-refractivity contribution < 1.29 is 28.6 Å². The summed E-state index contributed by atoms with van der Waals surface area (Å²) in [5.74, 6) is 0.820. The molecule has 6 heteroatoms. The molecule has 0 spiro atoms. The van der Waals surface area contributed by atoms with E-state index in [0.717, 1.165) is 69.6 Å². The number of esters is 3. The van der Waals surface area contributed by atoms with Gasteiger partial charge in [0.05, 0.1) is 0 Å². The van der Waals surface area contributed by atoms with Crippen molar-refractivity contribution in [3.63, 3.8) is 0 Å². The molecule has 0 bridgehead atoms. The monoisotopic (exact) mass is 877 g/mol. The number of unbranched alkanes of at least 4 members (excludes halogenated alkanes) is 35. The lowest BCUT2D eigenvalue weighted by Gasteiger charge is -2.18. The molecule has 62 heavy (non-hydrogen) atoms. The van der Waals surface area contributed by atoms with Crippen LogP contribution in [-0.2, 0) is 28.6 Å². The van der Waals surface area contributed by atoms with E-state index in [1.54, 1.807) is 0 Å². The Morgan fingerprint density at radius 2 is 0.532 bits per heavy atom. The van der Waals surface area contributed by atoms with Crippen molar-refractivity contribution in [1.29, 1.82) is 0 Å². The first-order valence-corrected chi connectivity index (χ1v) is 27.7. The second-order valence-electron chi connectivity index (χ2n) is 20.2. The number of hydrogen-bond acceptors (Lipinski definition) is 6. The molecule has 0 heterocycles. The van der Waals surface area contributed by atoms with Gasteiger partial charge >= 0.3 is 17.9 Å². The minimum atomic E-state index is -0.762. The van der Waals surface area contributed by atoms with Gasteiger partial charge in [-0.2, -0.15) is 0 Å². The molecule has 0 fully saturated rings. The molecule has 0 aromatic rings. The zero-order chi connectivity index (χ0) is 45.4. The van der Waals surface area contributed by atoms with Gasteiger partial charge in [0.2, 0.25) is 0 Å². The van der Waals surface area contributed by atoms with Gasteiger partial charge in [0.25, 0.3) is 0 Å². The second-order valence-corrected chi connectivity index (χ2v) is 20.2. The smallest absolute Gasteiger partial charge is 0.306 e. The Morgan fingerprint density at radius 1 is 0.306 bits per heavy atom. The summed E-state index contributed by atoms with van der Waals surface area (Å²) < 4.78 is 16.8. The Morgan fingerprint density at radius 3 is 0.790 bits per heavy atom. The molecule has 0 aliphatic rings. The zero-order valence-corrected chi connectivity index (χ0v) is 42.5. The predicted molar refractivity (Wildman–Crippen MR) is 266 cm³/mol. The molecule has 0 aromatic carbocycles. The van der Waals surface area contributed by atoms with Crippen LogP contribution in [0.1, 0.15) is 311 Å². The van der Waals surface area contributed by atoms with Crippen LogP contribution in [0, 0.1) is 11.8 Å². The van der Waals surface area contributed by atoms with Gasteiger partial charge in [0.1, 0.15) is 13.2 Å². The normalized spacial score (nSPS) is 12.0. The minimum absolute atomic E-state index is 0.0633. The molecule has 368 valence electrons. The van der Waals surface area contributed by atoms with E-state index >= 15 is 0 Å². The van der Waals surface area contributed by atoms with E-state index in [0.29, 0.717) is 19.3 Å². The summed E-state index contributed by atoms with van der Waals surface area (Å²) in [5, 5.41) is 0. The zero-order valence-electron chi connectivity index (χ0n) is 42.5. The van der Waals surface area contributed by atoms with Crippen molar-refractivity contribution in [3.05, 3.63) is 0 Å². The van der Waals surface area contributed by atoms with Crippen LogP contribution in [0.25, 0.3) is 0 Å². The predicted octanol–water partition coefficient (Wildman–Crippen LogP) is 18.1. The fraction of sp³-hybridized carbons (Fsp3) is 0.946.